The van der Waals surface area contributed by atoms with Crippen molar-refractivity contribution >= 4 is 11.8 Å². The molecule has 16 heavy (non-hydrogen) atoms. The van der Waals surface area contributed by atoms with Crippen molar-refractivity contribution in [1.82, 2.24) is 15.5 Å². The quantitative estimate of drug-likeness (QED) is 0.694. The Morgan fingerprint density at radius 2 is 2.19 bits per heavy atom. The van der Waals surface area contributed by atoms with E-state index >= 15 is 0 Å². The van der Waals surface area contributed by atoms with Crippen molar-refractivity contribution in [1.29, 1.82) is 0 Å². The molecule has 1 saturated heterocycles. The molecule has 5 heteroatoms. The Morgan fingerprint density at radius 1 is 1.50 bits per heavy atom. The van der Waals surface area contributed by atoms with Crippen molar-refractivity contribution in [3.63, 3.8) is 0 Å². The summed E-state index contributed by atoms with van der Waals surface area (Å²) < 4.78 is 0. The lowest BCUT2D eigenvalue weighted by Gasteiger charge is -2.31. The van der Waals surface area contributed by atoms with Gasteiger partial charge in [0, 0.05) is 14.1 Å². The minimum atomic E-state index is -0.442. The van der Waals surface area contributed by atoms with Crippen LogP contribution in [0.15, 0.2) is 0 Å². The van der Waals surface area contributed by atoms with Gasteiger partial charge in [0.05, 0.1) is 12.1 Å². The van der Waals surface area contributed by atoms with Crippen LogP contribution in [0.25, 0.3) is 0 Å². The summed E-state index contributed by atoms with van der Waals surface area (Å²) in [5, 5.41) is 5.79. The Hall–Kier alpha value is -1.10. The van der Waals surface area contributed by atoms with E-state index < -0.39 is 5.54 Å². The Morgan fingerprint density at radius 3 is 2.62 bits per heavy atom. The average molecular weight is 227 g/mol. The highest BCUT2D eigenvalue weighted by molar-refractivity contribution is 5.90. The first-order chi connectivity index (χ1) is 7.55. The number of rotatable bonds is 4. The Balaban J connectivity index is 2.64. The number of hydrogen-bond acceptors (Lipinski definition) is 3. The summed E-state index contributed by atoms with van der Waals surface area (Å²) in [6.07, 6.45) is 2.65. The highest BCUT2D eigenvalue weighted by Crippen LogP contribution is 2.24. The number of amides is 2. The number of hydrogen-bond donors (Lipinski definition) is 2. The molecule has 1 aliphatic rings. The fourth-order valence-corrected chi connectivity index (χ4v) is 2.17. The first kappa shape index (κ1) is 13.0. The molecule has 0 aromatic carbocycles. The summed E-state index contributed by atoms with van der Waals surface area (Å²) in [5.41, 5.74) is -0.442. The first-order valence-electron chi connectivity index (χ1n) is 5.77. The molecule has 1 heterocycles. The van der Waals surface area contributed by atoms with Crippen LogP contribution in [-0.4, -0.2) is 49.4 Å². The minimum absolute atomic E-state index is 0.0242. The van der Waals surface area contributed by atoms with E-state index in [0.717, 1.165) is 25.8 Å². The fourth-order valence-electron chi connectivity index (χ4n) is 2.17. The van der Waals surface area contributed by atoms with E-state index in [1.807, 2.05) is 6.92 Å². The molecule has 1 aliphatic heterocycles. The molecule has 92 valence electrons. The van der Waals surface area contributed by atoms with Gasteiger partial charge in [-0.25, -0.2) is 0 Å². The minimum Gasteiger partial charge on any atom is -0.358 e. The molecular formula is C11H21N3O2. The maximum Gasteiger partial charge on any atom is 0.243 e. The Labute approximate surface area is 96.6 Å². The highest BCUT2D eigenvalue weighted by Gasteiger charge is 2.40. The maximum atomic E-state index is 12.2. The van der Waals surface area contributed by atoms with Gasteiger partial charge < -0.3 is 15.5 Å². The predicted octanol–water partition coefficient (Wildman–Crippen LogP) is -0.277. The summed E-state index contributed by atoms with van der Waals surface area (Å²) in [6, 6.07) is 0. The zero-order valence-electron chi connectivity index (χ0n) is 10.3. The topological polar surface area (TPSA) is 61.4 Å². The Bertz CT molecular complexity index is 272. The van der Waals surface area contributed by atoms with Crippen molar-refractivity contribution in [2.75, 3.05) is 27.2 Å². The third kappa shape index (κ3) is 2.52. The first-order valence-corrected chi connectivity index (χ1v) is 5.77. The normalized spacial score (nSPS) is 24.2. The van der Waals surface area contributed by atoms with Crippen LogP contribution in [0.5, 0.6) is 0 Å². The van der Waals surface area contributed by atoms with Gasteiger partial charge in [0.15, 0.2) is 0 Å². The molecule has 1 unspecified atom stereocenters. The zero-order valence-corrected chi connectivity index (χ0v) is 10.3. The largest absolute Gasteiger partial charge is 0.358 e. The van der Waals surface area contributed by atoms with E-state index in [2.05, 4.69) is 10.6 Å². The summed E-state index contributed by atoms with van der Waals surface area (Å²) in [4.78, 5) is 24.9. The molecule has 1 rings (SSSR count). The zero-order chi connectivity index (χ0) is 12.2. The molecule has 0 bridgehead atoms. The second-order valence-corrected chi connectivity index (χ2v) is 4.30. The molecule has 0 aliphatic carbocycles. The van der Waals surface area contributed by atoms with E-state index in [9.17, 15) is 9.59 Å². The van der Waals surface area contributed by atoms with Crippen molar-refractivity contribution in [3.05, 3.63) is 0 Å². The number of carbonyl (C=O) groups excluding carboxylic acids is 2. The predicted molar refractivity (Wildman–Crippen MR) is 62.0 cm³/mol. The fraction of sp³-hybridized carbons (Fsp3) is 0.818. The van der Waals surface area contributed by atoms with Gasteiger partial charge in [-0.05, 0) is 25.8 Å². The lowest BCUT2D eigenvalue weighted by Crippen LogP contribution is -2.55. The van der Waals surface area contributed by atoms with Crippen LogP contribution in [0.4, 0.5) is 0 Å². The Kier molecular flexibility index (Phi) is 4.29. The van der Waals surface area contributed by atoms with Crippen LogP contribution in [0, 0.1) is 0 Å². The molecule has 0 saturated carbocycles. The molecule has 1 fully saturated rings. The molecule has 0 aromatic heterocycles. The number of carbonyl (C=O) groups is 2. The second-order valence-electron chi connectivity index (χ2n) is 4.30. The monoisotopic (exact) mass is 227 g/mol. The molecule has 1 atom stereocenters. The van der Waals surface area contributed by atoms with Gasteiger partial charge in [-0.15, -0.1) is 0 Å². The van der Waals surface area contributed by atoms with Gasteiger partial charge in [0.25, 0.3) is 0 Å². The van der Waals surface area contributed by atoms with Gasteiger partial charge in [-0.1, -0.05) is 6.92 Å². The maximum absolute atomic E-state index is 12.2. The molecule has 2 amide bonds. The van der Waals surface area contributed by atoms with Crippen LogP contribution in [0.3, 0.4) is 0 Å². The molecule has 5 nitrogen and oxygen atoms in total. The van der Waals surface area contributed by atoms with Crippen LogP contribution in [-0.2, 0) is 9.59 Å². The van der Waals surface area contributed by atoms with Crippen LogP contribution >= 0.6 is 0 Å². The second kappa shape index (κ2) is 5.30. The number of likely N-dealkylation sites (N-methyl/N-ethyl adjacent to an activating group) is 2. The standard InChI is InChI=1S/C11H21N3O2/c1-4-11(6-5-7-13-11)10(16)14(3)8-9(15)12-2/h13H,4-8H2,1-3H3,(H,12,15). The SMILES string of the molecule is CCC1(C(=O)N(C)CC(=O)NC)CCCN1. The van der Waals surface area contributed by atoms with Crippen LogP contribution < -0.4 is 10.6 Å². The van der Waals surface area contributed by atoms with Gasteiger partial charge >= 0.3 is 0 Å². The third-order valence-corrected chi connectivity index (χ3v) is 3.26. The van der Waals surface area contributed by atoms with Gasteiger partial charge in [-0.2, -0.15) is 0 Å². The summed E-state index contributed by atoms with van der Waals surface area (Å²) in [7, 11) is 3.25. The van der Waals surface area contributed by atoms with Crippen molar-refractivity contribution in [2.45, 2.75) is 31.7 Å². The van der Waals surface area contributed by atoms with Crippen molar-refractivity contribution < 1.29 is 9.59 Å². The van der Waals surface area contributed by atoms with E-state index in [0.29, 0.717) is 0 Å². The van der Waals surface area contributed by atoms with E-state index in [4.69, 9.17) is 0 Å². The van der Waals surface area contributed by atoms with Crippen molar-refractivity contribution in [3.8, 4) is 0 Å². The summed E-state index contributed by atoms with van der Waals surface area (Å²) in [5.74, 6) is -0.115. The molecule has 0 spiro atoms. The number of nitrogens with zero attached hydrogens (tertiary/aromatic N) is 1. The van der Waals surface area contributed by atoms with Crippen LogP contribution in [0.1, 0.15) is 26.2 Å². The lowest BCUT2D eigenvalue weighted by molar-refractivity contribution is -0.140. The molecule has 0 aromatic rings. The highest BCUT2D eigenvalue weighted by atomic mass is 16.2. The van der Waals surface area contributed by atoms with Gasteiger partial charge in [0.2, 0.25) is 11.8 Å². The molecule has 0 radical (unpaired) electrons. The van der Waals surface area contributed by atoms with Gasteiger partial charge in [-0.3, -0.25) is 9.59 Å². The van der Waals surface area contributed by atoms with Crippen molar-refractivity contribution in [2.24, 2.45) is 0 Å². The van der Waals surface area contributed by atoms with Crippen LogP contribution in [0.2, 0.25) is 0 Å². The summed E-state index contributed by atoms with van der Waals surface area (Å²) >= 11 is 0. The molecule has 2 N–H and O–H groups in total. The lowest BCUT2D eigenvalue weighted by atomic mass is 9.92. The smallest absolute Gasteiger partial charge is 0.243 e. The van der Waals surface area contributed by atoms with E-state index in [1.165, 1.54) is 4.90 Å². The molecular weight excluding hydrogens is 206 g/mol. The average Bonchev–Trinajstić information content (AvgIpc) is 2.77. The van der Waals surface area contributed by atoms with Gasteiger partial charge in [0.1, 0.15) is 0 Å². The number of nitrogens with one attached hydrogen (secondary N) is 2. The summed E-state index contributed by atoms with van der Waals surface area (Å²) in [6.45, 7) is 3.01. The third-order valence-electron chi connectivity index (χ3n) is 3.26. The van der Waals surface area contributed by atoms with E-state index in [1.54, 1.807) is 14.1 Å². The van der Waals surface area contributed by atoms with E-state index in [-0.39, 0.29) is 18.4 Å².